The van der Waals surface area contributed by atoms with Crippen LogP contribution in [0.1, 0.15) is 50.5 Å². The van der Waals surface area contributed by atoms with Gasteiger partial charge >= 0.3 is 0 Å². The van der Waals surface area contributed by atoms with Crippen molar-refractivity contribution in [2.24, 2.45) is 5.41 Å². The highest BCUT2D eigenvalue weighted by molar-refractivity contribution is 9.10. The van der Waals surface area contributed by atoms with Crippen LogP contribution in [0.2, 0.25) is 0 Å². The van der Waals surface area contributed by atoms with Gasteiger partial charge in [-0.15, -0.1) is 0 Å². The average molecular weight is 352 g/mol. The van der Waals surface area contributed by atoms with Crippen molar-refractivity contribution < 1.29 is 4.74 Å². The molecular weight excluding hydrogens is 326 g/mol. The maximum absolute atomic E-state index is 5.40. The van der Waals surface area contributed by atoms with Crippen molar-refractivity contribution in [2.45, 2.75) is 57.4 Å². The molecule has 3 rings (SSSR count). The number of halogens is 1. The molecule has 0 heterocycles. The number of benzene rings is 1. The highest BCUT2D eigenvalue weighted by Crippen LogP contribution is 2.41. The first-order chi connectivity index (χ1) is 10.2. The fourth-order valence-electron chi connectivity index (χ4n) is 3.58. The van der Waals surface area contributed by atoms with Crippen LogP contribution in [-0.2, 0) is 6.42 Å². The third-order valence-corrected chi connectivity index (χ3v) is 5.85. The molecule has 1 aromatic carbocycles. The Morgan fingerprint density at radius 1 is 1.24 bits per heavy atom. The van der Waals surface area contributed by atoms with E-state index in [0.717, 1.165) is 18.2 Å². The van der Waals surface area contributed by atoms with Gasteiger partial charge in [0.25, 0.3) is 0 Å². The van der Waals surface area contributed by atoms with Gasteiger partial charge in [-0.1, -0.05) is 35.2 Å². The summed E-state index contributed by atoms with van der Waals surface area (Å²) in [5, 5.41) is 3.79. The fraction of sp³-hybridized carbons (Fsp3) is 0.667. The summed E-state index contributed by atoms with van der Waals surface area (Å²) in [6.45, 7) is 1.18. The van der Waals surface area contributed by atoms with E-state index in [4.69, 9.17) is 4.74 Å². The van der Waals surface area contributed by atoms with E-state index in [0.29, 0.717) is 5.41 Å². The molecule has 0 spiro atoms. The van der Waals surface area contributed by atoms with Crippen molar-refractivity contribution in [1.82, 2.24) is 5.32 Å². The molecule has 0 bridgehead atoms. The lowest BCUT2D eigenvalue weighted by molar-refractivity contribution is 0.179. The van der Waals surface area contributed by atoms with Crippen LogP contribution in [0.15, 0.2) is 22.7 Å². The molecule has 0 aromatic heterocycles. The van der Waals surface area contributed by atoms with Crippen LogP contribution in [0.5, 0.6) is 5.75 Å². The lowest BCUT2D eigenvalue weighted by atomic mass is 9.70. The lowest BCUT2D eigenvalue weighted by Crippen LogP contribution is -2.39. The van der Waals surface area contributed by atoms with E-state index in [9.17, 15) is 0 Å². The summed E-state index contributed by atoms with van der Waals surface area (Å²) in [5.41, 5.74) is 1.84. The maximum Gasteiger partial charge on any atom is 0.119 e. The Morgan fingerprint density at radius 3 is 2.67 bits per heavy atom. The van der Waals surface area contributed by atoms with Gasteiger partial charge in [-0.25, -0.2) is 0 Å². The van der Waals surface area contributed by atoms with Gasteiger partial charge in [-0.2, -0.15) is 0 Å². The molecule has 1 N–H and O–H groups in total. The van der Waals surface area contributed by atoms with Crippen LogP contribution in [0.4, 0.5) is 0 Å². The predicted octanol–water partition coefficient (Wildman–Crippen LogP) is 4.70. The molecule has 0 saturated heterocycles. The first-order valence-electron chi connectivity index (χ1n) is 8.27. The molecule has 0 aliphatic heterocycles. The van der Waals surface area contributed by atoms with Gasteiger partial charge in [0.1, 0.15) is 5.75 Å². The zero-order valence-corrected chi connectivity index (χ0v) is 14.5. The topological polar surface area (TPSA) is 21.3 Å². The van der Waals surface area contributed by atoms with E-state index in [2.05, 4.69) is 33.4 Å². The quantitative estimate of drug-likeness (QED) is 0.801. The second-order valence-electron chi connectivity index (χ2n) is 6.85. The van der Waals surface area contributed by atoms with Gasteiger partial charge in [0.2, 0.25) is 0 Å². The predicted molar refractivity (Wildman–Crippen MR) is 90.9 cm³/mol. The first-order valence-corrected chi connectivity index (χ1v) is 9.06. The number of ether oxygens (including phenoxy) is 1. The number of hydrogen-bond donors (Lipinski definition) is 1. The summed E-state index contributed by atoms with van der Waals surface area (Å²) in [5.74, 6) is 0.967. The highest BCUT2D eigenvalue weighted by atomic mass is 79.9. The molecule has 2 fully saturated rings. The van der Waals surface area contributed by atoms with Crippen LogP contribution in [0, 0.1) is 5.41 Å². The van der Waals surface area contributed by atoms with Gasteiger partial charge in [0, 0.05) is 17.1 Å². The van der Waals surface area contributed by atoms with Crippen molar-refractivity contribution >= 4 is 15.9 Å². The normalized spacial score (nSPS) is 21.2. The Labute approximate surface area is 136 Å². The molecule has 3 heteroatoms. The molecule has 2 aliphatic carbocycles. The minimum absolute atomic E-state index is 0.440. The minimum Gasteiger partial charge on any atom is -0.497 e. The molecular formula is C18H26BrNO. The van der Waals surface area contributed by atoms with Crippen LogP contribution >= 0.6 is 15.9 Å². The molecule has 2 aliphatic rings. The van der Waals surface area contributed by atoms with Crippen LogP contribution in [-0.4, -0.2) is 19.7 Å². The molecule has 0 radical (unpaired) electrons. The summed E-state index contributed by atoms with van der Waals surface area (Å²) in [7, 11) is 1.75. The maximum atomic E-state index is 5.40. The highest BCUT2D eigenvalue weighted by Gasteiger charge is 2.34. The third-order valence-electron chi connectivity index (χ3n) is 5.08. The summed E-state index contributed by atoms with van der Waals surface area (Å²) in [4.78, 5) is 0. The lowest BCUT2D eigenvalue weighted by Gasteiger charge is -2.38. The van der Waals surface area contributed by atoms with Gasteiger partial charge in [0.15, 0.2) is 0 Å². The number of nitrogens with one attached hydrogen (secondary N) is 1. The second-order valence-corrected chi connectivity index (χ2v) is 7.70. The number of rotatable bonds is 6. The van der Waals surface area contributed by atoms with Crippen LogP contribution < -0.4 is 10.1 Å². The van der Waals surface area contributed by atoms with E-state index >= 15 is 0 Å². The van der Waals surface area contributed by atoms with Gasteiger partial charge in [0.05, 0.1) is 7.11 Å². The summed E-state index contributed by atoms with van der Waals surface area (Å²) in [6, 6.07) is 7.16. The number of methoxy groups -OCH3 is 1. The first kappa shape index (κ1) is 15.4. The second kappa shape index (κ2) is 6.70. The molecule has 2 saturated carbocycles. The Bertz CT molecular complexity index is 478. The monoisotopic (exact) mass is 351 g/mol. The van der Waals surface area contributed by atoms with E-state index in [-0.39, 0.29) is 0 Å². The summed E-state index contributed by atoms with van der Waals surface area (Å²) in [6.07, 6.45) is 10.8. The van der Waals surface area contributed by atoms with Gasteiger partial charge in [-0.05, 0) is 61.3 Å². The summed E-state index contributed by atoms with van der Waals surface area (Å²) < 4.78 is 6.63. The molecule has 0 atom stereocenters. The van der Waals surface area contributed by atoms with Crippen molar-refractivity contribution in [3.63, 3.8) is 0 Å². The van der Waals surface area contributed by atoms with E-state index < -0.39 is 0 Å². The van der Waals surface area contributed by atoms with Gasteiger partial charge < -0.3 is 10.1 Å². The standard InChI is InChI=1S/C18H26BrNO/c1-21-16-7-8-17(19)14(11-16)12-18(9-3-2-4-10-18)13-20-15-5-6-15/h7-8,11,15,20H,2-6,9-10,12-13H2,1H3. The Balaban J connectivity index is 1.76. The van der Waals surface area contributed by atoms with Gasteiger partial charge in [-0.3, -0.25) is 0 Å². The molecule has 116 valence electrons. The van der Waals surface area contributed by atoms with Crippen LogP contribution in [0.3, 0.4) is 0 Å². The van der Waals surface area contributed by atoms with Crippen molar-refractivity contribution in [3.05, 3.63) is 28.2 Å². The smallest absolute Gasteiger partial charge is 0.119 e. The Hall–Kier alpha value is -0.540. The van der Waals surface area contributed by atoms with Crippen molar-refractivity contribution in [2.75, 3.05) is 13.7 Å². The fourth-order valence-corrected chi connectivity index (χ4v) is 3.97. The Kier molecular flexibility index (Phi) is 4.90. The van der Waals surface area contributed by atoms with Crippen LogP contribution in [0.25, 0.3) is 0 Å². The molecule has 2 nitrogen and oxygen atoms in total. The molecule has 21 heavy (non-hydrogen) atoms. The largest absolute Gasteiger partial charge is 0.497 e. The van der Waals surface area contributed by atoms with E-state index in [1.165, 1.54) is 61.5 Å². The number of hydrogen-bond acceptors (Lipinski definition) is 2. The SMILES string of the molecule is COc1ccc(Br)c(CC2(CNC3CC3)CCCCC2)c1. The molecule has 1 aromatic rings. The zero-order valence-electron chi connectivity index (χ0n) is 13.0. The zero-order chi connectivity index (χ0) is 14.7. The average Bonchev–Trinajstić information content (AvgIpc) is 3.33. The minimum atomic E-state index is 0.440. The summed E-state index contributed by atoms with van der Waals surface area (Å²) >= 11 is 3.73. The van der Waals surface area contributed by atoms with Crippen molar-refractivity contribution in [1.29, 1.82) is 0 Å². The third kappa shape index (κ3) is 4.01. The van der Waals surface area contributed by atoms with E-state index in [1.807, 2.05) is 6.07 Å². The van der Waals surface area contributed by atoms with Crippen molar-refractivity contribution in [3.8, 4) is 5.75 Å². The molecule has 0 amide bonds. The molecule has 0 unspecified atom stereocenters. The Morgan fingerprint density at radius 2 is 2.00 bits per heavy atom. The van der Waals surface area contributed by atoms with E-state index in [1.54, 1.807) is 7.11 Å².